The summed E-state index contributed by atoms with van der Waals surface area (Å²) in [5, 5.41) is 13.2. The van der Waals surface area contributed by atoms with E-state index in [1.165, 1.54) is 0 Å². The third-order valence-electron chi connectivity index (χ3n) is 2.56. The first-order valence-electron chi connectivity index (χ1n) is 5.69. The molecule has 0 radical (unpaired) electrons. The van der Waals surface area contributed by atoms with Crippen molar-refractivity contribution in [1.82, 2.24) is 5.32 Å². The van der Waals surface area contributed by atoms with E-state index in [2.05, 4.69) is 5.32 Å². The van der Waals surface area contributed by atoms with Crippen molar-refractivity contribution in [3.05, 3.63) is 35.9 Å². The monoisotopic (exact) mass is 257 g/mol. The molecule has 0 aliphatic carbocycles. The second kappa shape index (κ2) is 9.14. The molecule has 0 heterocycles. The Bertz CT molecular complexity index is 381. The fourth-order valence-electron chi connectivity index (χ4n) is 1.53. The smallest absolute Gasteiger partial charge is 0.550 e. The average Bonchev–Trinajstić information content (AvgIpc) is 2.35. The number of carbonyl (C=O) groups excluding carboxylic acids is 2. The molecule has 1 unspecified atom stereocenters. The summed E-state index contributed by atoms with van der Waals surface area (Å²) in [6.45, 7) is 1.91. The molecule has 1 aromatic rings. The molecule has 0 saturated carbocycles. The summed E-state index contributed by atoms with van der Waals surface area (Å²) < 4.78 is 0. The molecule has 0 spiro atoms. The van der Waals surface area contributed by atoms with Crippen molar-refractivity contribution < 1.29 is 44.3 Å². The molecule has 0 aliphatic heterocycles. The maximum absolute atomic E-state index is 11.8. The van der Waals surface area contributed by atoms with Crippen LogP contribution in [0.3, 0.4) is 0 Å². The SMILES string of the molecule is CCC(CCC(=O)[O-])NC(=O)c1ccccc1.[Na+]. The van der Waals surface area contributed by atoms with Crippen molar-refractivity contribution in [3.8, 4) is 0 Å². The number of amides is 1. The van der Waals surface area contributed by atoms with Gasteiger partial charge in [0.15, 0.2) is 0 Å². The van der Waals surface area contributed by atoms with Crippen LogP contribution in [0.2, 0.25) is 0 Å². The Morgan fingerprint density at radius 3 is 2.39 bits per heavy atom. The fourth-order valence-corrected chi connectivity index (χ4v) is 1.53. The molecule has 1 atom stereocenters. The van der Waals surface area contributed by atoms with Crippen LogP contribution < -0.4 is 40.0 Å². The molecular weight excluding hydrogens is 241 g/mol. The first kappa shape index (κ1) is 17.2. The molecule has 0 fully saturated rings. The molecule has 1 rings (SSSR count). The van der Waals surface area contributed by atoms with Gasteiger partial charge in [-0.05, 0) is 31.4 Å². The maximum Gasteiger partial charge on any atom is 1.00 e. The number of rotatable bonds is 6. The van der Waals surface area contributed by atoms with Crippen LogP contribution in [0.5, 0.6) is 0 Å². The third kappa shape index (κ3) is 6.19. The Labute approximate surface area is 129 Å². The van der Waals surface area contributed by atoms with E-state index in [-0.39, 0.29) is 47.9 Å². The molecule has 1 aromatic carbocycles. The predicted octanol–water partition coefficient (Wildman–Crippen LogP) is -2.27. The topological polar surface area (TPSA) is 69.2 Å². The van der Waals surface area contributed by atoms with E-state index in [0.717, 1.165) is 0 Å². The number of carboxylic acids is 1. The normalized spacial score (nSPS) is 11.2. The number of nitrogens with one attached hydrogen (secondary N) is 1. The summed E-state index contributed by atoms with van der Waals surface area (Å²) in [7, 11) is 0. The van der Waals surface area contributed by atoms with Crippen LogP contribution in [0, 0.1) is 0 Å². The Kier molecular flexibility index (Phi) is 8.71. The molecule has 1 amide bonds. The van der Waals surface area contributed by atoms with Crippen molar-refractivity contribution in [2.45, 2.75) is 32.2 Å². The van der Waals surface area contributed by atoms with Gasteiger partial charge < -0.3 is 15.2 Å². The second-order valence-electron chi connectivity index (χ2n) is 3.86. The Morgan fingerprint density at radius 1 is 1.28 bits per heavy atom. The van der Waals surface area contributed by atoms with Crippen LogP contribution in [-0.4, -0.2) is 17.9 Å². The molecular formula is C13H16NNaO3. The van der Waals surface area contributed by atoms with Crippen molar-refractivity contribution in [1.29, 1.82) is 0 Å². The van der Waals surface area contributed by atoms with Crippen molar-refractivity contribution >= 4 is 11.9 Å². The van der Waals surface area contributed by atoms with Crippen LogP contribution >= 0.6 is 0 Å². The zero-order valence-corrected chi connectivity index (χ0v) is 12.8. The van der Waals surface area contributed by atoms with Crippen molar-refractivity contribution in [3.63, 3.8) is 0 Å². The maximum atomic E-state index is 11.8. The van der Waals surface area contributed by atoms with E-state index in [1.807, 2.05) is 13.0 Å². The average molecular weight is 257 g/mol. The largest absolute Gasteiger partial charge is 1.00 e. The molecule has 5 heteroatoms. The van der Waals surface area contributed by atoms with E-state index in [4.69, 9.17) is 0 Å². The number of hydrogen-bond donors (Lipinski definition) is 1. The minimum atomic E-state index is -1.09. The van der Waals surface area contributed by atoms with Gasteiger partial charge in [-0.2, -0.15) is 0 Å². The van der Waals surface area contributed by atoms with Crippen molar-refractivity contribution in [2.75, 3.05) is 0 Å². The first-order chi connectivity index (χ1) is 8.13. The summed E-state index contributed by atoms with van der Waals surface area (Å²) in [6.07, 6.45) is 1.07. The molecule has 4 nitrogen and oxygen atoms in total. The van der Waals surface area contributed by atoms with Gasteiger partial charge >= 0.3 is 29.6 Å². The summed E-state index contributed by atoms with van der Waals surface area (Å²) in [5.74, 6) is -1.26. The predicted molar refractivity (Wildman–Crippen MR) is 62.2 cm³/mol. The number of aliphatic carboxylic acids is 1. The molecule has 0 aromatic heterocycles. The Balaban J connectivity index is 0.00000289. The molecule has 92 valence electrons. The van der Waals surface area contributed by atoms with Gasteiger partial charge in [0.2, 0.25) is 0 Å². The van der Waals surface area contributed by atoms with E-state index >= 15 is 0 Å². The number of carboxylic acid groups (broad SMARTS) is 1. The molecule has 0 saturated heterocycles. The number of carbonyl (C=O) groups is 2. The van der Waals surface area contributed by atoms with Crippen LogP contribution in [0.25, 0.3) is 0 Å². The molecule has 0 aliphatic rings. The standard InChI is InChI=1S/C13H17NO3.Na/c1-2-11(8-9-12(15)16)14-13(17)10-6-4-3-5-7-10;/h3-7,11H,2,8-9H2,1H3,(H,14,17)(H,15,16);/q;+1/p-1. The summed E-state index contributed by atoms with van der Waals surface area (Å²) in [4.78, 5) is 22.1. The van der Waals surface area contributed by atoms with Crippen molar-refractivity contribution in [2.24, 2.45) is 0 Å². The summed E-state index contributed by atoms with van der Waals surface area (Å²) in [5.41, 5.74) is 0.583. The zero-order valence-electron chi connectivity index (χ0n) is 10.8. The van der Waals surface area contributed by atoms with E-state index < -0.39 is 5.97 Å². The summed E-state index contributed by atoms with van der Waals surface area (Å²) in [6, 6.07) is 8.74. The molecule has 0 bridgehead atoms. The van der Waals surface area contributed by atoms with Crippen LogP contribution in [-0.2, 0) is 4.79 Å². The van der Waals surface area contributed by atoms with Gasteiger partial charge in [0.05, 0.1) is 0 Å². The first-order valence-corrected chi connectivity index (χ1v) is 5.69. The van der Waals surface area contributed by atoms with Crippen LogP contribution in [0.1, 0.15) is 36.5 Å². The Hall–Kier alpha value is -0.840. The zero-order chi connectivity index (χ0) is 12.7. The number of hydrogen-bond acceptors (Lipinski definition) is 3. The van der Waals surface area contributed by atoms with Gasteiger partial charge in [0.25, 0.3) is 5.91 Å². The molecule has 18 heavy (non-hydrogen) atoms. The van der Waals surface area contributed by atoms with E-state index in [0.29, 0.717) is 18.4 Å². The fraction of sp³-hybridized carbons (Fsp3) is 0.385. The van der Waals surface area contributed by atoms with Gasteiger partial charge in [-0.15, -0.1) is 0 Å². The van der Waals surface area contributed by atoms with Gasteiger partial charge in [0, 0.05) is 17.6 Å². The molecule has 1 N–H and O–H groups in total. The van der Waals surface area contributed by atoms with E-state index in [1.54, 1.807) is 24.3 Å². The van der Waals surface area contributed by atoms with E-state index in [9.17, 15) is 14.7 Å². The van der Waals surface area contributed by atoms with Gasteiger partial charge in [-0.3, -0.25) is 4.79 Å². The van der Waals surface area contributed by atoms with Gasteiger partial charge in [0.1, 0.15) is 0 Å². The second-order valence-corrected chi connectivity index (χ2v) is 3.86. The Morgan fingerprint density at radius 2 is 1.89 bits per heavy atom. The van der Waals surface area contributed by atoms with Crippen LogP contribution in [0.4, 0.5) is 0 Å². The minimum Gasteiger partial charge on any atom is -0.550 e. The summed E-state index contributed by atoms with van der Waals surface area (Å²) >= 11 is 0. The minimum absolute atomic E-state index is 0. The third-order valence-corrected chi connectivity index (χ3v) is 2.56. The number of benzene rings is 1. The van der Waals surface area contributed by atoms with Gasteiger partial charge in [-0.25, -0.2) is 0 Å². The van der Waals surface area contributed by atoms with Crippen LogP contribution in [0.15, 0.2) is 30.3 Å². The quantitative estimate of drug-likeness (QED) is 0.584. The van der Waals surface area contributed by atoms with Gasteiger partial charge in [-0.1, -0.05) is 25.1 Å².